The minimum atomic E-state index is -1.18. The molecule has 5 nitrogen and oxygen atoms in total. The maximum atomic E-state index is 9.36. The quantitative estimate of drug-likeness (QED) is 0.453. The van der Waals surface area contributed by atoms with E-state index >= 15 is 0 Å². The Bertz CT molecular complexity index is 151. The summed E-state index contributed by atoms with van der Waals surface area (Å²) in [7, 11) is 1.34. The van der Waals surface area contributed by atoms with Gasteiger partial charge in [-0.2, -0.15) is 0 Å². The molecule has 5 heteroatoms. The SMILES string of the molecule is CO[C@H]1[C@H](O)[C@H](O)[C@H](C)O[C@H]1O. The summed E-state index contributed by atoms with van der Waals surface area (Å²) in [4.78, 5) is 0. The van der Waals surface area contributed by atoms with E-state index in [0.717, 1.165) is 0 Å². The van der Waals surface area contributed by atoms with Gasteiger partial charge in [-0.25, -0.2) is 0 Å². The Morgan fingerprint density at radius 1 is 1.17 bits per heavy atom. The molecule has 5 atom stereocenters. The zero-order chi connectivity index (χ0) is 9.30. The lowest BCUT2D eigenvalue weighted by molar-refractivity contribution is -0.283. The first-order valence-corrected chi connectivity index (χ1v) is 3.80. The monoisotopic (exact) mass is 178 g/mol. The molecule has 0 aromatic heterocycles. The van der Waals surface area contributed by atoms with Gasteiger partial charge in [0, 0.05) is 7.11 Å². The number of aliphatic hydroxyl groups excluding tert-OH is 3. The van der Waals surface area contributed by atoms with Crippen LogP contribution in [0.25, 0.3) is 0 Å². The second-order valence-electron chi connectivity index (χ2n) is 2.91. The third-order valence-corrected chi connectivity index (χ3v) is 2.07. The van der Waals surface area contributed by atoms with Crippen molar-refractivity contribution in [1.82, 2.24) is 0 Å². The lowest BCUT2D eigenvalue weighted by Crippen LogP contribution is -2.57. The van der Waals surface area contributed by atoms with Crippen molar-refractivity contribution in [2.75, 3.05) is 7.11 Å². The molecule has 1 saturated heterocycles. The van der Waals surface area contributed by atoms with Gasteiger partial charge in [0.2, 0.25) is 0 Å². The van der Waals surface area contributed by atoms with Crippen molar-refractivity contribution in [2.24, 2.45) is 0 Å². The molecule has 0 aromatic rings. The molecule has 1 fully saturated rings. The second-order valence-corrected chi connectivity index (χ2v) is 2.91. The molecule has 0 bridgehead atoms. The predicted octanol–water partition coefficient (Wildman–Crippen LogP) is -1.54. The molecular weight excluding hydrogens is 164 g/mol. The number of hydrogen-bond acceptors (Lipinski definition) is 5. The summed E-state index contributed by atoms with van der Waals surface area (Å²) in [6.07, 6.45) is -4.76. The summed E-state index contributed by atoms with van der Waals surface area (Å²) in [5.41, 5.74) is 0. The highest BCUT2D eigenvalue weighted by molar-refractivity contribution is 4.87. The highest BCUT2D eigenvalue weighted by Crippen LogP contribution is 2.20. The minimum absolute atomic E-state index is 0.582. The summed E-state index contributed by atoms with van der Waals surface area (Å²) in [5, 5.41) is 27.9. The summed E-state index contributed by atoms with van der Waals surface area (Å²) in [6.45, 7) is 1.57. The fraction of sp³-hybridized carbons (Fsp3) is 1.00. The molecule has 12 heavy (non-hydrogen) atoms. The zero-order valence-electron chi connectivity index (χ0n) is 7.04. The first-order valence-electron chi connectivity index (χ1n) is 3.80. The first kappa shape index (κ1) is 9.88. The van der Waals surface area contributed by atoms with Crippen LogP contribution in [0.5, 0.6) is 0 Å². The standard InChI is InChI=1S/C7H14O5/c1-3-4(8)5(9)6(11-2)7(10)12-3/h3-10H,1-2H3/t3-,4+,5+,6-,7+/m0/s1. The Balaban J connectivity index is 2.65. The molecule has 0 aliphatic carbocycles. The Morgan fingerprint density at radius 3 is 2.25 bits per heavy atom. The largest absolute Gasteiger partial charge is 0.388 e. The molecule has 0 radical (unpaired) electrons. The van der Waals surface area contributed by atoms with Crippen LogP contribution >= 0.6 is 0 Å². The lowest BCUT2D eigenvalue weighted by atomic mass is 10.00. The molecule has 0 aromatic carbocycles. The van der Waals surface area contributed by atoms with Gasteiger partial charge in [0.15, 0.2) is 6.29 Å². The van der Waals surface area contributed by atoms with Crippen LogP contribution in [-0.4, -0.2) is 53.1 Å². The smallest absolute Gasteiger partial charge is 0.184 e. The van der Waals surface area contributed by atoms with Crippen LogP contribution in [-0.2, 0) is 9.47 Å². The van der Waals surface area contributed by atoms with Gasteiger partial charge in [-0.05, 0) is 6.92 Å². The third kappa shape index (κ3) is 1.60. The maximum Gasteiger partial charge on any atom is 0.184 e. The number of aliphatic hydroxyl groups is 3. The van der Waals surface area contributed by atoms with Crippen LogP contribution in [0, 0.1) is 0 Å². The van der Waals surface area contributed by atoms with E-state index in [1.807, 2.05) is 0 Å². The van der Waals surface area contributed by atoms with Crippen molar-refractivity contribution in [2.45, 2.75) is 37.6 Å². The van der Waals surface area contributed by atoms with Crippen molar-refractivity contribution >= 4 is 0 Å². The van der Waals surface area contributed by atoms with E-state index in [9.17, 15) is 15.3 Å². The van der Waals surface area contributed by atoms with Crippen LogP contribution in [0.4, 0.5) is 0 Å². The van der Waals surface area contributed by atoms with Crippen molar-refractivity contribution in [3.63, 3.8) is 0 Å². The summed E-state index contributed by atoms with van der Waals surface area (Å²) >= 11 is 0. The van der Waals surface area contributed by atoms with Crippen molar-refractivity contribution in [3.05, 3.63) is 0 Å². The Morgan fingerprint density at radius 2 is 1.75 bits per heavy atom. The van der Waals surface area contributed by atoms with E-state index in [1.165, 1.54) is 7.11 Å². The predicted molar refractivity (Wildman–Crippen MR) is 39.4 cm³/mol. The molecule has 3 N–H and O–H groups in total. The van der Waals surface area contributed by atoms with Gasteiger partial charge in [0.05, 0.1) is 6.10 Å². The second kappa shape index (κ2) is 3.68. The van der Waals surface area contributed by atoms with Crippen LogP contribution < -0.4 is 0 Å². The molecule has 1 aliphatic heterocycles. The van der Waals surface area contributed by atoms with E-state index in [1.54, 1.807) is 6.92 Å². The van der Waals surface area contributed by atoms with Crippen molar-refractivity contribution in [3.8, 4) is 0 Å². The maximum absolute atomic E-state index is 9.36. The Labute approximate surface area is 70.5 Å². The summed E-state index contributed by atoms with van der Waals surface area (Å²) in [6, 6.07) is 0. The van der Waals surface area contributed by atoms with Gasteiger partial charge >= 0.3 is 0 Å². The Kier molecular flexibility index (Phi) is 3.03. The summed E-state index contributed by atoms with van der Waals surface area (Å²) < 4.78 is 9.64. The molecule has 1 aliphatic rings. The zero-order valence-corrected chi connectivity index (χ0v) is 7.04. The van der Waals surface area contributed by atoms with Crippen LogP contribution in [0.2, 0.25) is 0 Å². The number of rotatable bonds is 1. The van der Waals surface area contributed by atoms with E-state index in [2.05, 4.69) is 0 Å². The molecule has 72 valence electrons. The first-order chi connectivity index (χ1) is 5.57. The van der Waals surface area contributed by atoms with Gasteiger partial charge in [0.1, 0.15) is 18.3 Å². The van der Waals surface area contributed by atoms with E-state index < -0.39 is 30.7 Å². The average molecular weight is 178 g/mol. The molecular formula is C7H14O5. The van der Waals surface area contributed by atoms with E-state index in [0.29, 0.717) is 0 Å². The van der Waals surface area contributed by atoms with Gasteiger partial charge in [-0.15, -0.1) is 0 Å². The molecule has 0 unspecified atom stereocenters. The molecule has 0 saturated carbocycles. The highest BCUT2D eigenvalue weighted by atomic mass is 16.7. The molecule has 1 rings (SSSR count). The third-order valence-electron chi connectivity index (χ3n) is 2.07. The van der Waals surface area contributed by atoms with Gasteiger partial charge in [0.25, 0.3) is 0 Å². The van der Waals surface area contributed by atoms with Crippen molar-refractivity contribution < 1.29 is 24.8 Å². The fourth-order valence-corrected chi connectivity index (χ4v) is 1.27. The van der Waals surface area contributed by atoms with Crippen LogP contribution in [0.15, 0.2) is 0 Å². The molecule has 1 heterocycles. The van der Waals surface area contributed by atoms with Crippen molar-refractivity contribution in [1.29, 1.82) is 0 Å². The number of methoxy groups -OCH3 is 1. The van der Waals surface area contributed by atoms with Gasteiger partial charge < -0.3 is 24.8 Å². The Hall–Kier alpha value is -0.200. The lowest BCUT2D eigenvalue weighted by Gasteiger charge is -2.38. The van der Waals surface area contributed by atoms with Gasteiger partial charge in [-0.1, -0.05) is 0 Å². The normalized spacial score (nSPS) is 49.2. The van der Waals surface area contributed by atoms with E-state index in [4.69, 9.17) is 9.47 Å². The van der Waals surface area contributed by atoms with E-state index in [-0.39, 0.29) is 0 Å². The van der Waals surface area contributed by atoms with Gasteiger partial charge in [-0.3, -0.25) is 0 Å². The van der Waals surface area contributed by atoms with Crippen LogP contribution in [0.1, 0.15) is 6.92 Å². The fourth-order valence-electron chi connectivity index (χ4n) is 1.27. The van der Waals surface area contributed by atoms with Crippen LogP contribution in [0.3, 0.4) is 0 Å². The topological polar surface area (TPSA) is 79.2 Å². The number of hydrogen-bond donors (Lipinski definition) is 3. The highest BCUT2D eigenvalue weighted by Gasteiger charge is 2.41. The minimum Gasteiger partial charge on any atom is -0.388 e. The average Bonchev–Trinajstić information content (AvgIpc) is 2.01. The molecule has 0 spiro atoms. The number of ether oxygens (including phenoxy) is 2. The summed E-state index contributed by atoms with van der Waals surface area (Å²) in [5.74, 6) is 0. The molecule has 0 amide bonds.